The number of nitrogen functional groups attached to an aromatic ring is 1. The van der Waals surface area contributed by atoms with E-state index >= 15 is 0 Å². The summed E-state index contributed by atoms with van der Waals surface area (Å²) in [5.74, 6) is 0.749. The highest BCUT2D eigenvalue weighted by Crippen LogP contribution is 2.16. The van der Waals surface area contributed by atoms with Gasteiger partial charge in [0.2, 0.25) is 0 Å². The van der Waals surface area contributed by atoms with Crippen molar-refractivity contribution in [1.29, 1.82) is 0 Å². The van der Waals surface area contributed by atoms with E-state index in [9.17, 15) is 0 Å². The number of hydrogen-bond donors (Lipinski definition) is 2. The summed E-state index contributed by atoms with van der Waals surface area (Å²) < 4.78 is 1.83. The minimum atomic E-state index is 0. The van der Waals surface area contributed by atoms with Crippen LogP contribution >= 0.6 is 24.8 Å². The highest BCUT2D eigenvalue weighted by molar-refractivity contribution is 5.85. The van der Waals surface area contributed by atoms with E-state index in [1.807, 2.05) is 17.9 Å². The second-order valence-corrected chi connectivity index (χ2v) is 2.76. The van der Waals surface area contributed by atoms with Crippen molar-refractivity contribution in [2.45, 2.75) is 19.9 Å². The maximum Gasteiger partial charge on any atom is 0.171 e. The highest BCUT2D eigenvalue weighted by atomic mass is 35.5. The van der Waals surface area contributed by atoms with E-state index in [1.165, 1.54) is 0 Å². The van der Waals surface area contributed by atoms with Crippen LogP contribution in [0.2, 0.25) is 0 Å². The molecule has 0 aliphatic carbocycles. The molecule has 4 nitrogen and oxygen atoms in total. The molecule has 0 amide bonds. The van der Waals surface area contributed by atoms with Crippen LogP contribution in [0.15, 0.2) is 6.20 Å². The molecule has 0 unspecified atom stereocenters. The lowest BCUT2D eigenvalue weighted by atomic mass is 10.4. The molecule has 1 heterocycles. The Kier molecular flexibility index (Phi) is 6.80. The van der Waals surface area contributed by atoms with Crippen molar-refractivity contribution >= 4 is 36.3 Å². The molecule has 78 valence electrons. The molecule has 0 bridgehead atoms. The van der Waals surface area contributed by atoms with Crippen LogP contribution in [0.5, 0.6) is 0 Å². The van der Waals surface area contributed by atoms with E-state index in [4.69, 9.17) is 5.73 Å². The number of rotatable bonds is 2. The maximum atomic E-state index is 5.64. The van der Waals surface area contributed by atoms with Gasteiger partial charge >= 0.3 is 0 Å². The third kappa shape index (κ3) is 3.32. The molecule has 0 aromatic carbocycles. The zero-order valence-electron chi connectivity index (χ0n) is 7.94. The lowest BCUT2D eigenvalue weighted by Gasteiger charge is -2.02. The van der Waals surface area contributed by atoms with Gasteiger partial charge in [-0.05, 0) is 13.8 Å². The first-order chi connectivity index (χ1) is 5.15. The predicted octanol–water partition coefficient (Wildman–Crippen LogP) is 1.93. The Balaban J connectivity index is 0. The zero-order chi connectivity index (χ0) is 8.43. The molecule has 0 aliphatic rings. The van der Waals surface area contributed by atoms with Crippen LogP contribution in [0.1, 0.15) is 19.9 Å². The number of halogens is 2. The topological polar surface area (TPSA) is 55.9 Å². The molecule has 0 fully saturated rings. The predicted molar refractivity (Wildman–Crippen MR) is 61.1 cm³/mol. The summed E-state index contributed by atoms with van der Waals surface area (Å²) in [6, 6.07) is 0.361. The molecule has 3 N–H and O–H groups in total. The second kappa shape index (κ2) is 5.94. The summed E-state index contributed by atoms with van der Waals surface area (Å²) in [6.07, 6.45) is 1.83. The van der Waals surface area contributed by atoms with Gasteiger partial charge in [0.15, 0.2) is 5.82 Å². The Bertz CT molecular complexity index is 247. The maximum absolute atomic E-state index is 5.64. The fourth-order valence-electron chi connectivity index (χ4n) is 0.865. The Morgan fingerprint density at radius 3 is 2.23 bits per heavy atom. The number of hydrogen-bond acceptors (Lipinski definition) is 3. The second-order valence-electron chi connectivity index (χ2n) is 2.76. The van der Waals surface area contributed by atoms with Gasteiger partial charge in [0, 0.05) is 13.1 Å². The molecule has 1 aromatic rings. The molecule has 0 saturated carbocycles. The highest BCUT2D eigenvalue weighted by Gasteiger charge is 2.04. The van der Waals surface area contributed by atoms with Gasteiger partial charge in [-0.25, -0.2) is 0 Å². The molecule has 0 spiro atoms. The molecule has 0 atom stereocenters. The first-order valence-corrected chi connectivity index (χ1v) is 3.67. The SMILES string of the molecule is CNc1nn(C(C)C)cc1N.Cl.Cl. The summed E-state index contributed by atoms with van der Waals surface area (Å²) in [6.45, 7) is 4.12. The molecule has 1 rings (SSSR count). The Hall–Kier alpha value is -0.610. The first kappa shape index (κ1) is 14.9. The molecule has 1 aromatic heterocycles. The summed E-state index contributed by atoms with van der Waals surface area (Å²) >= 11 is 0. The molecular weight excluding hydrogens is 211 g/mol. The largest absolute Gasteiger partial charge is 0.394 e. The number of nitrogens with two attached hydrogens (primary N) is 1. The van der Waals surface area contributed by atoms with Gasteiger partial charge in [-0.15, -0.1) is 24.8 Å². The van der Waals surface area contributed by atoms with Crippen LogP contribution in [0.3, 0.4) is 0 Å². The molecule has 0 radical (unpaired) electrons. The molecular formula is C7H16Cl2N4. The average Bonchev–Trinajstić information content (AvgIpc) is 2.31. The summed E-state index contributed by atoms with van der Waals surface area (Å²) in [5, 5.41) is 7.12. The monoisotopic (exact) mass is 226 g/mol. The van der Waals surface area contributed by atoms with E-state index in [0.29, 0.717) is 11.7 Å². The zero-order valence-corrected chi connectivity index (χ0v) is 9.58. The lowest BCUT2D eigenvalue weighted by molar-refractivity contribution is 0.534. The fraction of sp³-hybridized carbons (Fsp3) is 0.571. The first-order valence-electron chi connectivity index (χ1n) is 3.67. The van der Waals surface area contributed by atoms with Crippen LogP contribution < -0.4 is 11.1 Å². The minimum absolute atomic E-state index is 0. The van der Waals surface area contributed by atoms with Crippen molar-refractivity contribution < 1.29 is 0 Å². The fourth-order valence-corrected chi connectivity index (χ4v) is 0.865. The van der Waals surface area contributed by atoms with Gasteiger partial charge in [0.05, 0.1) is 11.9 Å². The Morgan fingerprint density at radius 2 is 2.00 bits per heavy atom. The standard InChI is InChI=1S/C7H14N4.2ClH/c1-5(2)11-4-6(8)7(9-3)10-11;;/h4-5H,8H2,1-3H3,(H,9,10);2*1H. The van der Waals surface area contributed by atoms with E-state index < -0.39 is 0 Å². The number of anilines is 2. The smallest absolute Gasteiger partial charge is 0.171 e. The van der Waals surface area contributed by atoms with Crippen LogP contribution in [0, 0.1) is 0 Å². The summed E-state index contributed by atoms with van der Waals surface area (Å²) in [4.78, 5) is 0. The molecule has 13 heavy (non-hydrogen) atoms. The van der Waals surface area contributed by atoms with Crippen molar-refractivity contribution in [3.05, 3.63) is 6.20 Å². The summed E-state index contributed by atoms with van der Waals surface area (Å²) in [7, 11) is 1.81. The third-order valence-corrected chi connectivity index (χ3v) is 1.53. The molecule has 0 aliphatic heterocycles. The summed E-state index contributed by atoms with van der Waals surface area (Å²) in [5.41, 5.74) is 6.34. The van der Waals surface area contributed by atoms with Crippen LogP contribution in [0.25, 0.3) is 0 Å². The van der Waals surface area contributed by atoms with Crippen molar-refractivity contribution in [2.24, 2.45) is 0 Å². The quantitative estimate of drug-likeness (QED) is 0.811. The van der Waals surface area contributed by atoms with Crippen molar-refractivity contribution in [3.63, 3.8) is 0 Å². The van der Waals surface area contributed by atoms with E-state index in [2.05, 4.69) is 24.3 Å². The van der Waals surface area contributed by atoms with Crippen LogP contribution in [-0.4, -0.2) is 16.8 Å². The minimum Gasteiger partial charge on any atom is -0.394 e. The van der Waals surface area contributed by atoms with E-state index in [1.54, 1.807) is 0 Å². The van der Waals surface area contributed by atoms with Crippen molar-refractivity contribution in [3.8, 4) is 0 Å². The Labute approximate surface area is 90.7 Å². The number of aromatic nitrogens is 2. The lowest BCUT2D eigenvalue weighted by Crippen LogP contribution is -2.01. The van der Waals surface area contributed by atoms with Crippen molar-refractivity contribution in [2.75, 3.05) is 18.1 Å². The van der Waals surface area contributed by atoms with E-state index in [0.717, 1.165) is 5.82 Å². The average molecular weight is 227 g/mol. The van der Waals surface area contributed by atoms with Crippen molar-refractivity contribution in [1.82, 2.24) is 9.78 Å². The molecule has 6 heteroatoms. The van der Waals surface area contributed by atoms with Gasteiger partial charge in [-0.3, -0.25) is 4.68 Å². The van der Waals surface area contributed by atoms with Crippen LogP contribution in [0.4, 0.5) is 11.5 Å². The van der Waals surface area contributed by atoms with Crippen LogP contribution in [-0.2, 0) is 0 Å². The van der Waals surface area contributed by atoms with E-state index in [-0.39, 0.29) is 24.8 Å². The van der Waals surface area contributed by atoms with Gasteiger partial charge in [-0.2, -0.15) is 5.10 Å². The number of nitrogens with zero attached hydrogens (tertiary/aromatic N) is 2. The van der Waals surface area contributed by atoms with Gasteiger partial charge in [0.1, 0.15) is 0 Å². The number of nitrogens with one attached hydrogen (secondary N) is 1. The normalized spacial score (nSPS) is 8.92. The Morgan fingerprint density at radius 1 is 1.46 bits per heavy atom. The van der Waals surface area contributed by atoms with Gasteiger partial charge in [0.25, 0.3) is 0 Å². The third-order valence-electron chi connectivity index (χ3n) is 1.53. The molecule has 0 saturated heterocycles. The van der Waals surface area contributed by atoms with Gasteiger partial charge < -0.3 is 11.1 Å². The van der Waals surface area contributed by atoms with Gasteiger partial charge in [-0.1, -0.05) is 0 Å².